The van der Waals surface area contributed by atoms with Crippen LogP contribution in [-0.2, 0) is 0 Å². The fraction of sp³-hybridized carbons (Fsp3) is 0.950. The lowest BCUT2D eigenvalue weighted by atomic mass is 9.94. The van der Waals surface area contributed by atoms with E-state index in [-0.39, 0.29) is 6.03 Å². The van der Waals surface area contributed by atoms with Gasteiger partial charge in [-0.2, -0.15) is 0 Å². The van der Waals surface area contributed by atoms with Gasteiger partial charge in [0.15, 0.2) is 0 Å². The Labute approximate surface area is 158 Å². The van der Waals surface area contributed by atoms with E-state index in [4.69, 9.17) is 0 Å². The molecular formula is C20H37N5O. The van der Waals surface area contributed by atoms with Crippen molar-refractivity contribution in [1.82, 2.24) is 25.3 Å². The number of amides is 2. The maximum atomic E-state index is 12.6. The third kappa shape index (κ3) is 4.34. The van der Waals surface area contributed by atoms with Gasteiger partial charge in [0.2, 0.25) is 0 Å². The summed E-state index contributed by atoms with van der Waals surface area (Å²) in [6.45, 7) is 8.13. The molecule has 6 heteroatoms. The molecule has 2 atom stereocenters. The molecule has 3 heterocycles. The molecule has 6 nitrogen and oxygen atoms in total. The van der Waals surface area contributed by atoms with Gasteiger partial charge in [0.25, 0.3) is 0 Å². The fourth-order valence-corrected chi connectivity index (χ4v) is 5.53. The van der Waals surface area contributed by atoms with Crippen LogP contribution in [-0.4, -0.2) is 91.2 Å². The number of likely N-dealkylation sites (tertiary alicyclic amines) is 1. The number of carbonyl (C=O) groups excluding carboxylic acids is 1. The van der Waals surface area contributed by atoms with Crippen molar-refractivity contribution in [2.75, 3.05) is 52.4 Å². The molecule has 4 aliphatic rings. The lowest BCUT2D eigenvalue weighted by molar-refractivity contribution is 0.110. The van der Waals surface area contributed by atoms with Crippen molar-refractivity contribution in [2.45, 2.75) is 69.5 Å². The zero-order chi connectivity index (χ0) is 17.8. The molecule has 0 aromatic heterocycles. The van der Waals surface area contributed by atoms with Crippen molar-refractivity contribution in [3.8, 4) is 0 Å². The number of hydrogen-bond donors (Lipinski definition) is 2. The molecule has 0 aromatic carbocycles. The second-order valence-corrected chi connectivity index (χ2v) is 8.68. The summed E-state index contributed by atoms with van der Waals surface area (Å²) in [5, 5.41) is 6.71. The van der Waals surface area contributed by atoms with Crippen LogP contribution in [0.3, 0.4) is 0 Å². The summed E-state index contributed by atoms with van der Waals surface area (Å²) in [6, 6.07) is 2.18. The molecule has 4 rings (SSSR count). The minimum atomic E-state index is 0.157. The van der Waals surface area contributed by atoms with E-state index >= 15 is 0 Å². The van der Waals surface area contributed by atoms with Crippen LogP contribution in [0.25, 0.3) is 0 Å². The second-order valence-electron chi connectivity index (χ2n) is 8.68. The van der Waals surface area contributed by atoms with Gasteiger partial charge in [-0.3, -0.25) is 9.80 Å². The van der Waals surface area contributed by atoms with E-state index in [1.165, 1.54) is 57.9 Å². The Morgan fingerprint density at radius 1 is 0.885 bits per heavy atom. The van der Waals surface area contributed by atoms with E-state index in [1.807, 2.05) is 4.90 Å². The van der Waals surface area contributed by atoms with Crippen molar-refractivity contribution in [3.05, 3.63) is 0 Å². The van der Waals surface area contributed by atoms with E-state index < -0.39 is 0 Å². The van der Waals surface area contributed by atoms with E-state index in [0.717, 1.165) is 51.9 Å². The second kappa shape index (κ2) is 8.89. The molecule has 4 fully saturated rings. The van der Waals surface area contributed by atoms with Crippen LogP contribution in [0, 0.1) is 0 Å². The molecule has 3 saturated heterocycles. The lowest BCUT2D eigenvalue weighted by Crippen LogP contribution is -2.55. The molecular weight excluding hydrogens is 326 g/mol. The molecule has 26 heavy (non-hydrogen) atoms. The maximum Gasteiger partial charge on any atom is 0.317 e. The quantitative estimate of drug-likeness (QED) is 0.794. The first-order valence-corrected chi connectivity index (χ1v) is 11.0. The monoisotopic (exact) mass is 363 g/mol. The summed E-state index contributed by atoms with van der Waals surface area (Å²) in [5.41, 5.74) is 0. The summed E-state index contributed by atoms with van der Waals surface area (Å²) in [7, 11) is 0. The van der Waals surface area contributed by atoms with Crippen molar-refractivity contribution < 1.29 is 4.79 Å². The largest absolute Gasteiger partial charge is 0.336 e. The standard InChI is InChI=1S/C20H37N5O/c26-20(24-13-11-23(12-14-24)18-8-9-21-15-18)22-16-19-7-4-10-25(19)17-5-2-1-3-6-17/h17-19,21H,1-16H2,(H,22,26). The SMILES string of the molecule is O=C(NCC1CCCN1C1CCCCC1)N1CCN(C2CCNC2)CC1. The minimum Gasteiger partial charge on any atom is -0.336 e. The summed E-state index contributed by atoms with van der Waals surface area (Å²) in [4.78, 5) is 19.9. The average molecular weight is 364 g/mol. The van der Waals surface area contributed by atoms with Gasteiger partial charge < -0.3 is 15.5 Å². The normalized spacial score (nSPS) is 32.2. The lowest BCUT2D eigenvalue weighted by Gasteiger charge is -2.38. The summed E-state index contributed by atoms with van der Waals surface area (Å²) in [5.74, 6) is 0. The minimum absolute atomic E-state index is 0.157. The Kier molecular flexibility index (Phi) is 6.33. The Hall–Kier alpha value is -0.850. The first kappa shape index (κ1) is 18.5. The molecule has 0 spiro atoms. The number of nitrogens with one attached hydrogen (secondary N) is 2. The van der Waals surface area contributed by atoms with Gasteiger partial charge in [-0.25, -0.2) is 4.79 Å². The van der Waals surface area contributed by atoms with Crippen molar-refractivity contribution >= 4 is 6.03 Å². The Balaban J connectivity index is 1.20. The van der Waals surface area contributed by atoms with Gasteiger partial charge in [-0.1, -0.05) is 19.3 Å². The molecule has 2 amide bonds. The fourth-order valence-electron chi connectivity index (χ4n) is 5.53. The van der Waals surface area contributed by atoms with Crippen molar-refractivity contribution in [1.29, 1.82) is 0 Å². The molecule has 1 aliphatic carbocycles. The molecule has 148 valence electrons. The van der Waals surface area contributed by atoms with Crippen LogP contribution in [0.15, 0.2) is 0 Å². The van der Waals surface area contributed by atoms with Crippen LogP contribution >= 0.6 is 0 Å². The van der Waals surface area contributed by atoms with E-state index in [2.05, 4.69) is 20.4 Å². The van der Waals surface area contributed by atoms with Gasteiger partial charge in [0, 0.05) is 57.4 Å². The zero-order valence-electron chi connectivity index (χ0n) is 16.3. The Morgan fingerprint density at radius 3 is 2.42 bits per heavy atom. The predicted molar refractivity (Wildman–Crippen MR) is 104 cm³/mol. The predicted octanol–water partition coefficient (Wildman–Crippen LogP) is 1.47. The highest BCUT2D eigenvalue weighted by molar-refractivity contribution is 5.74. The van der Waals surface area contributed by atoms with Crippen LogP contribution in [0.2, 0.25) is 0 Å². The smallest absolute Gasteiger partial charge is 0.317 e. The third-order valence-corrected chi connectivity index (χ3v) is 7.11. The maximum absolute atomic E-state index is 12.6. The molecule has 0 radical (unpaired) electrons. The number of rotatable bonds is 4. The van der Waals surface area contributed by atoms with Crippen molar-refractivity contribution in [3.63, 3.8) is 0 Å². The number of piperazine rings is 1. The van der Waals surface area contributed by atoms with Crippen LogP contribution in [0.1, 0.15) is 51.4 Å². The van der Waals surface area contributed by atoms with E-state index in [0.29, 0.717) is 12.1 Å². The molecule has 1 saturated carbocycles. The van der Waals surface area contributed by atoms with Gasteiger partial charge in [-0.05, 0) is 45.2 Å². The number of hydrogen-bond acceptors (Lipinski definition) is 4. The van der Waals surface area contributed by atoms with Gasteiger partial charge in [0.1, 0.15) is 0 Å². The molecule has 2 unspecified atom stereocenters. The van der Waals surface area contributed by atoms with Gasteiger partial charge in [-0.15, -0.1) is 0 Å². The highest BCUT2D eigenvalue weighted by Crippen LogP contribution is 2.28. The zero-order valence-corrected chi connectivity index (χ0v) is 16.3. The van der Waals surface area contributed by atoms with Gasteiger partial charge in [0.05, 0.1) is 0 Å². The summed E-state index contributed by atoms with van der Waals surface area (Å²) in [6.07, 6.45) is 10.7. The topological polar surface area (TPSA) is 50.9 Å². The average Bonchev–Trinajstić information content (AvgIpc) is 3.39. The first-order chi connectivity index (χ1) is 12.8. The third-order valence-electron chi connectivity index (χ3n) is 7.11. The Morgan fingerprint density at radius 2 is 1.69 bits per heavy atom. The number of urea groups is 1. The molecule has 0 bridgehead atoms. The molecule has 3 aliphatic heterocycles. The number of carbonyl (C=O) groups is 1. The van der Waals surface area contributed by atoms with Crippen LogP contribution in [0.4, 0.5) is 4.79 Å². The Bertz CT molecular complexity index is 453. The molecule has 0 aromatic rings. The van der Waals surface area contributed by atoms with E-state index in [9.17, 15) is 4.79 Å². The first-order valence-electron chi connectivity index (χ1n) is 11.0. The highest BCUT2D eigenvalue weighted by Gasteiger charge is 2.32. The van der Waals surface area contributed by atoms with Crippen LogP contribution in [0.5, 0.6) is 0 Å². The molecule has 2 N–H and O–H groups in total. The number of nitrogens with zero attached hydrogens (tertiary/aromatic N) is 3. The summed E-state index contributed by atoms with van der Waals surface area (Å²) < 4.78 is 0. The highest BCUT2D eigenvalue weighted by atomic mass is 16.2. The van der Waals surface area contributed by atoms with Crippen LogP contribution < -0.4 is 10.6 Å². The van der Waals surface area contributed by atoms with Crippen molar-refractivity contribution in [2.24, 2.45) is 0 Å². The summed E-state index contributed by atoms with van der Waals surface area (Å²) >= 11 is 0. The van der Waals surface area contributed by atoms with Gasteiger partial charge >= 0.3 is 6.03 Å². The van der Waals surface area contributed by atoms with E-state index in [1.54, 1.807) is 0 Å².